The van der Waals surface area contributed by atoms with Crippen LogP contribution >= 0.6 is 31.9 Å². The SMILES string of the molecule is Cc1cc(C)c2c(Br)cc(Br)cc2n1. The minimum Gasteiger partial charge on any atom is -0.253 e. The summed E-state index contributed by atoms with van der Waals surface area (Å²) >= 11 is 7.02. The summed E-state index contributed by atoms with van der Waals surface area (Å²) in [6, 6.07) is 6.19. The number of benzene rings is 1. The molecule has 0 aliphatic carbocycles. The van der Waals surface area contributed by atoms with Crippen LogP contribution in [0.5, 0.6) is 0 Å². The molecule has 2 aromatic rings. The topological polar surface area (TPSA) is 12.9 Å². The van der Waals surface area contributed by atoms with Gasteiger partial charge in [0.25, 0.3) is 0 Å². The number of hydrogen-bond acceptors (Lipinski definition) is 1. The molecule has 2 rings (SSSR count). The van der Waals surface area contributed by atoms with E-state index >= 15 is 0 Å². The van der Waals surface area contributed by atoms with E-state index in [1.165, 1.54) is 10.9 Å². The van der Waals surface area contributed by atoms with Gasteiger partial charge in [0.05, 0.1) is 5.52 Å². The standard InChI is InChI=1S/C11H9Br2N/c1-6-3-7(2)14-10-5-8(12)4-9(13)11(6)10/h3-5H,1-2H3. The lowest BCUT2D eigenvalue weighted by molar-refractivity contribution is 1.23. The van der Waals surface area contributed by atoms with Gasteiger partial charge in [-0.05, 0) is 37.6 Å². The maximum Gasteiger partial charge on any atom is 0.0730 e. The highest BCUT2D eigenvalue weighted by molar-refractivity contribution is 9.11. The summed E-state index contributed by atoms with van der Waals surface area (Å²) in [5.74, 6) is 0. The van der Waals surface area contributed by atoms with Crippen LogP contribution in [0.4, 0.5) is 0 Å². The fraction of sp³-hybridized carbons (Fsp3) is 0.182. The Balaban J connectivity index is 2.94. The average molecular weight is 315 g/mol. The molecular weight excluding hydrogens is 306 g/mol. The molecule has 0 fully saturated rings. The number of rotatable bonds is 0. The number of halogens is 2. The van der Waals surface area contributed by atoms with E-state index in [0.29, 0.717) is 0 Å². The zero-order valence-electron chi connectivity index (χ0n) is 7.94. The lowest BCUT2D eigenvalue weighted by Gasteiger charge is -2.06. The third-order valence-corrected chi connectivity index (χ3v) is 3.23. The van der Waals surface area contributed by atoms with Gasteiger partial charge in [0.15, 0.2) is 0 Å². The van der Waals surface area contributed by atoms with Crippen molar-refractivity contribution in [2.24, 2.45) is 0 Å². The van der Waals surface area contributed by atoms with Gasteiger partial charge in [0, 0.05) is 20.0 Å². The van der Waals surface area contributed by atoms with Gasteiger partial charge in [0.2, 0.25) is 0 Å². The van der Waals surface area contributed by atoms with Gasteiger partial charge < -0.3 is 0 Å². The smallest absolute Gasteiger partial charge is 0.0730 e. The van der Waals surface area contributed by atoms with Gasteiger partial charge in [0.1, 0.15) is 0 Å². The Labute approximate surface area is 99.8 Å². The predicted octanol–water partition coefficient (Wildman–Crippen LogP) is 4.38. The summed E-state index contributed by atoms with van der Waals surface area (Å²) in [5.41, 5.74) is 3.34. The normalized spacial score (nSPS) is 10.9. The molecule has 0 saturated carbocycles. The number of aromatic nitrogens is 1. The molecule has 1 aromatic heterocycles. The Morgan fingerprint density at radius 1 is 1.07 bits per heavy atom. The van der Waals surface area contributed by atoms with Crippen LogP contribution in [0, 0.1) is 13.8 Å². The zero-order chi connectivity index (χ0) is 10.3. The van der Waals surface area contributed by atoms with E-state index in [1.54, 1.807) is 0 Å². The summed E-state index contributed by atoms with van der Waals surface area (Å²) in [4.78, 5) is 4.50. The molecule has 0 amide bonds. The third kappa shape index (κ3) is 1.71. The molecular formula is C11H9Br2N. The van der Waals surface area contributed by atoms with Gasteiger partial charge in [-0.15, -0.1) is 0 Å². The van der Waals surface area contributed by atoms with E-state index in [-0.39, 0.29) is 0 Å². The number of hydrogen-bond donors (Lipinski definition) is 0. The molecule has 0 atom stereocenters. The minimum absolute atomic E-state index is 1.03. The number of nitrogens with zero attached hydrogens (tertiary/aromatic N) is 1. The molecule has 0 aliphatic heterocycles. The maximum atomic E-state index is 4.50. The quantitative estimate of drug-likeness (QED) is 0.703. The van der Waals surface area contributed by atoms with Crippen molar-refractivity contribution in [1.82, 2.24) is 4.98 Å². The first-order valence-electron chi connectivity index (χ1n) is 4.31. The summed E-state index contributed by atoms with van der Waals surface area (Å²) in [7, 11) is 0. The van der Waals surface area contributed by atoms with E-state index in [0.717, 1.165) is 20.2 Å². The van der Waals surface area contributed by atoms with Gasteiger partial charge in [-0.1, -0.05) is 31.9 Å². The van der Waals surface area contributed by atoms with Gasteiger partial charge in [-0.2, -0.15) is 0 Å². The van der Waals surface area contributed by atoms with Crippen molar-refractivity contribution in [3.05, 3.63) is 38.4 Å². The highest BCUT2D eigenvalue weighted by Crippen LogP contribution is 2.29. The molecule has 0 saturated heterocycles. The summed E-state index contributed by atoms with van der Waals surface area (Å²) in [6.45, 7) is 4.12. The number of aryl methyl sites for hydroxylation is 2. The molecule has 0 spiro atoms. The van der Waals surface area contributed by atoms with E-state index < -0.39 is 0 Å². The first kappa shape index (κ1) is 10.1. The van der Waals surface area contributed by atoms with Crippen molar-refractivity contribution in [2.75, 3.05) is 0 Å². The summed E-state index contributed by atoms with van der Waals surface area (Å²) in [6.07, 6.45) is 0. The highest BCUT2D eigenvalue weighted by Gasteiger charge is 2.05. The molecule has 0 N–H and O–H groups in total. The van der Waals surface area contributed by atoms with Crippen LogP contribution in [0.15, 0.2) is 27.1 Å². The van der Waals surface area contributed by atoms with Crippen LogP contribution in [0.2, 0.25) is 0 Å². The van der Waals surface area contributed by atoms with E-state index in [1.807, 2.05) is 19.1 Å². The molecule has 1 nitrogen and oxygen atoms in total. The molecule has 3 heteroatoms. The molecule has 1 heterocycles. The van der Waals surface area contributed by atoms with Crippen LogP contribution < -0.4 is 0 Å². The van der Waals surface area contributed by atoms with Crippen LogP contribution in [0.25, 0.3) is 10.9 Å². The largest absolute Gasteiger partial charge is 0.253 e. The van der Waals surface area contributed by atoms with Gasteiger partial charge in [-0.3, -0.25) is 4.98 Å². The third-order valence-electron chi connectivity index (χ3n) is 2.15. The van der Waals surface area contributed by atoms with Crippen molar-refractivity contribution in [3.63, 3.8) is 0 Å². The average Bonchev–Trinajstić information content (AvgIpc) is 1.99. The van der Waals surface area contributed by atoms with Crippen LogP contribution in [-0.4, -0.2) is 4.98 Å². The minimum atomic E-state index is 1.03. The molecule has 0 bridgehead atoms. The van der Waals surface area contributed by atoms with Crippen molar-refractivity contribution >= 4 is 42.8 Å². The van der Waals surface area contributed by atoms with E-state index in [2.05, 4.69) is 49.8 Å². The predicted molar refractivity (Wildman–Crippen MR) is 66.6 cm³/mol. The molecule has 72 valence electrons. The Morgan fingerprint density at radius 3 is 2.50 bits per heavy atom. The monoisotopic (exact) mass is 313 g/mol. The molecule has 0 aliphatic rings. The molecule has 0 unspecified atom stereocenters. The Kier molecular flexibility index (Phi) is 2.62. The molecule has 0 radical (unpaired) electrons. The molecule has 1 aromatic carbocycles. The van der Waals surface area contributed by atoms with Gasteiger partial charge in [-0.25, -0.2) is 0 Å². The Hall–Kier alpha value is -0.410. The van der Waals surface area contributed by atoms with Gasteiger partial charge >= 0.3 is 0 Å². The van der Waals surface area contributed by atoms with E-state index in [4.69, 9.17) is 0 Å². The van der Waals surface area contributed by atoms with Crippen molar-refractivity contribution in [1.29, 1.82) is 0 Å². The van der Waals surface area contributed by atoms with Crippen LogP contribution in [0.1, 0.15) is 11.3 Å². The van der Waals surface area contributed by atoms with E-state index in [9.17, 15) is 0 Å². The lowest BCUT2D eigenvalue weighted by atomic mass is 10.1. The number of pyridine rings is 1. The first-order valence-corrected chi connectivity index (χ1v) is 5.89. The second-order valence-corrected chi connectivity index (χ2v) is 5.13. The highest BCUT2D eigenvalue weighted by atomic mass is 79.9. The second kappa shape index (κ2) is 3.63. The Morgan fingerprint density at radius 2 is 1.79 bits per heavy atom. The molecule has 14 heavy (non-hydrogen) atoms. The van der Waals surface area contributed by atoms with Crippen molar-refractivity contribution < 1.29 is 0 Å². The maximum absolute atomic E-state index is 4.50. The fourth-order valence-corrected chi connectivity index (χ4v) is 3.16. The first-order chi connectivity index (χ1) is 6.58. The fourth-order valence-electron chi connectivity index (χ4n) is 1.65. The van der Waals surface area contributed by atoms with Crippen molar-refractivity contribution in [3.8, 4) is 0 Å². The summed E-state index contributed by atoms with van der Waals surface area (Å²) in [5, 5.41) is 1.19. The lowest BCUT2D eigenvalue weighted by Crippen LogP contribution is -1.88. The second-order valence-electron chi connectivity index (χ2n) is 3.36. The van der Waals surface area contributed by atoms with Crippen LogP contribution in [-0.2, 0) is 0 Å². The van der Waals surface area contributed by atoms with Crippen LogP contribution in [0.3, 0.4) is 0 Å². The van der Waals surface area contributed by atoms with Crippen molar-refractivity contribution in [2.45, 2.75) is 13.8 Å². The summed E-state index contributed by atoms with van der Waals surface area (Å²) < 4.78 is 2.14. The zero-order valence-corrected chi connectivity index (χ0v) is 11.1. The Bertz CT molecular complexity index is 463. The number of fused-ring (bicyclic) bond motifs is 1.